The quantitative estimate of drug-likeness (QED) is 0.875. The van der Waals surface area contributed by atoms with Crippen LogP contribution in [0.5, 0.6) is 5.75 Å². The molecule has 1 aliphatic heterocycles. The summed E-state index contributed by atoms with van der Waals surface area (Å²) < 4.78 is 31.1. The van der Waals surface area contributed by atoms with Crippen LogP contribution in [0.4, 0.5) is 10.5 Å². The molecule has 7 nitrogen and oxygen atoms in total. The number of benzene rings is 1. The fourth-order valence-corrected chi connectivity index (χ4v) is 4.69. The van der Waals surface area contributed by atoms with Crippen LogP contribution in [0, 0.1) is 0 Å². The number of anilines is 1. The first-order valence-corrected chi connectivity index (χ1v) is 9.68. The van der Waals surface area contributed by atoms with Crippen LogP contribution in [0.3, 0.4) is 0 Å². The van der Waals surface area contributed by atoms with Gasteiger partial charge >= 0.3 is 6.03 Å². The standard InChI is InChI=1S/C15H20ClN3O4S/c1-23-14-5-2-11(16)10-13(14)17-15(20)18-6-8-19(9-7-18)24(21,22)12-3-4-12/h2,5,10,12H,3-4,6-9H2,1H3,(H,17,20). The van der Waals surface area contributed by atoms with E-state index in [1.165, 1.54) is 11.4 Å². The zero-order valence-electron chi connectivity index (χ0n) is 13.4. The molecule has 1 aromatic rings. The number of carbonyl (C=O) groups is 1. The predicted molar refractivity (Wildman–Crippen MR) is 92.1 cm³/mol. The Morgan fingerprint density at radius 1 is 1.25 bits per heavy atom. The first-order valence-electron chi connectivity index (χ1n) is 7.80. The zero-order valence-corrected chi connectivity index (χ0v) is 14.9. The van der Waals surface area contributed by atoms with E-state index in [0.717, 1.165) is 12.8 Å². The van der Waals surface area contributed by atoms with Crippen LogP contribution in [-0.2, 0) is 10.0 Å². The van der Waals surface area contributed by atoms with E-state index in [4.69, 9.17) is 16.3 Å². The number of ether oxygens (including phenoxy) is 1. The van der Waals surface area contributed by atoms with Crippen LogP contribution in [0.1, 0.15) is 12.8 Å². The van der Waals surface area contributed by atoms with Crippen LogP contribution in [0.15, 0.2) is 18.2 Å². The fraction of sp³-hybridized carbons (Fsp3) is 0.533. The van der Waals surface area contributed by atoms with Crippen molar-refractivity contribution >= 4 is 33.3 Å². The summed E-state index contributed by atoms with van der Waals surface area (Å²) >= 11 is 5.95. The third-order valence-electron chi connectivity index (χ3n) is 4.23. The smallest absolute Gasteiger partial charge is 0.322 e. The predicted octanol–water partition coefficient (Wildman–Crippen LogP) is 1.99. The van der Waals surface area contributed by atoms with Gasteiger partial charge in [0.25, 0.3) is 0 Å². The maximum absolute atomic E-state index is 12.4. The summed E-state index contributed by atoms with van der Waals surface area (Å²) in [6, 6.07) is 4.68. The van der Waals surface area contributed by atoms with Gasteiger partial charge in [-0.25, -0.2) is 13.2 Å². The maximum Gasteiger partial charge on any atom is 0.322 e. The van der Waals surface area contributed by atoms with Gasteiger partial charge in [-0.2, -0.15) is 4.31 Å². The number of urea groups is 1. The van der Waals surface area contributed by atoms with Crippen molar-refractivity contribution in [2.45, 2.75) is 18.1 Å². The lowest BCUT2D eigenvalue weighted by Crippen LogP contribution is -2.52. The van der Waals surface area contributed by atoms with E-state index in [1.807, 2.05) is 0 Å². The Kier molecular flexibility index (Phi) is 4.89. The van der Waals surface area contributed by atoms with Crippen LogP contribution in [0.2, 0.25) is 5.02 Å². The van der Waals surface area contributed by atoms with Crippen molar-refractivity contribution in [2.75, 3.05) is 38.6 Å². The molecule has 2 aliphatic rings. The Labute approximate surface area is 146 Å². The number of nitrogens with zero attached hydrogens (tertiary/aromatic N) is 2. The SMILES string of the molecule is COc1ccc(Cl)cc1NC(=O)N1CCN(S(=O)(=O)C2CC2)CC1. The molecular weight excluding hydrogens is 354 g/mol. The monoisotopic (exact) mass is 373 g/mol. The van der Waals surface area contributed by atoms with Gasteiger partial charge in [0.1, 0.15) is 5.75 Å². The summed E-state index contributed by atoms with van der Waals surface area (Å²) in [5, 5.41) is 3.05. The average molecular weight is 374 g/mol. The lowest BCUT2D eigenvalue weighted by molar-refractivity contribution is 0.184. The van der Waals surface area contributed by atoms with Gasteiger partial charge in [-0.1, -0.05) is 11.6 Å². The molecule has 0 aromatic heterocycles. The van der Waals surface area contributed by atoms with Gasteiger partial charge in [0, 0.05) is 31.2 Å². The summed E-state index contributed by atoms with van der Waals surface area (Å²) in [4.78, 5) is 14.0. The highest BCUT2D eigenvalue weighted by Crippen LogP contribution is 2.31. The normalized spacial score (nSPS) is 19.2. The van der Waals surface area contributed by atoms with Crippen LogP contribution < -0.4 is 10.1 Å². The molecule has 1 aromatic carbocycles. The summed E-state index contributed by atoms with van der Waals surface area (Å²) in [5.74, 6) is 0.516. The highest BCUT2D eigenvalue weighted by atomic mass is 35.5. The molecule has 24 heavy (non-hydrogen) atoms. The number of halogens is 1. The summed E-state index contributed by atoms with van der Waals surface area (Å²) in [6.07, 6.45) is 1.50. The second-order valence-electron chi connectivity index (χ2n) is 5.91. The molecule has 2 fully saturated rings. The van der Waals surface area contributed by atoms with E-state index in [-0.39, 0.29) is 11.3 Å². The maximum atomic E-state index is 12.4. The Hall–Kier alpha value is -1.51. The van der Waals surface area contributed by atoms with Crippen molar-refractivity contribution < 1.29 is 17.9 Å². The summed E-state index contributed by atoms with van der Waals surface area (Å²) in [6.45, 7) is 1.39. The molecule has 1 heterocycles. The van der Waals surface area contributed by atoms with E-state index >= 15 is 0 Å². The second kappa shape index (κ2) is 6.78. The minimum atomic E-state index is -3.18. The number of sulfonamides is 1. The Morgan fingerprint density at radius 2 is 1.92 bits per heavy atom. The highest BCUT2D eigenvalue weighted by Gasteiger charge is 2.41. The number of hydrogen-bond donors (Lipinski definition) is 1. The van der Waals surface area contributed by atoms with Gasteiger partial charge in [-0.05, 0) is 31.0 Å². The number of carbonyl (C=O) groups excluding carboxylic acids is 1. The molecule has 132 valence electrons. The minimum absolute atomic E-state index is 0.214. The van der Waals surface area contributed by atoms with Gasteiger partial charge in [-0.3, -0.25) is 0 Å². The number of hydrogen-bond acceptors (Lipinski definition) is 4. The number of rotatable bonds is 4. The van der Waals surface area contributed by atoms with Crippen LogP contribution >= 0.6 is 11.6 Å². The Bertz CT molecular complexity index is 728. The molecule has 0 spiro atoms. The molecule has 0 bridgehead atoms. The molecule has 0 unspecified atom stereocenters. The molecule has 3 rings (SSSR count). The van der Waals surface area contributed by atoms with E-state index in [0.29, 0.717) is 42.6 Å². The molecule has 1 saturated heterocycles. The molecule has 1 N–H and O–H groups in total. The Morgan fingerprint density at radius 3 is 2.50 bits per heavy atom. The molecule has 0 radical (unpaired) electrons. The lowest BCUT2D eigenvalue weighted by Gasteiger charge is -2.34. The first-order chi connectivity index (χ1) is 11.4. The number of amides is 2. The largest absolute Gasteiger partial charge is 0.495 e. The number of nitrogens with one attached hydrogen (secondary N) is 1. The molecular formula is C15H20ClN3O4S. The first kappa shape index (κ1) is 17.3. The minimum Gasteiger partial charge on any atom is -0.495 e. The van der Waals surface area contributed by atoms with Crippen LogP contribution in [0.25, 0.3) is 0 Å². The van der Waals surface area contributed by atoms with Crippen molar-refractivity contribution in [3.63, 3.8) is 0 Å². The fourth-order valence-electron chi connectivity index (χ4n) is 2.69. The van der Waals surface area contributed by atoms with Gasteiger partial charge in [0.2, 0.25) is 10.0 Å². The van der Waals surface area contributed by atoms with Crippen molar-refractivity contribution in [1.29, 1.82) is 0 Å². The molecule has 0 atom stereocenters. The molecule has 2 amide bonds. The average Bonchev–Trinajstić information content (AvgIpc) is 3.40. The Balaban J connectivity index is 1.60. The topological polar surface area (TPSA) is 79.0 Å². The van der Waals surface area contributed by atoms with Crippen molar-refractivity contribution in [3.8, 4) is 5.75 Å². The highest BCUT2D eigenvalue weighted by molar-refractivity contribution is 7.90. The number of methoxy groups -OCH3 is 1. The third-order valence-corrected chi connectivity index (χ3v) is 6.87. The van der Waals surface area contributed by atoms with E-state index in [2.05, 4.69) is 5.32 Å². The third kappa shape index (κ3) is 3.60. The zero-order chi connectivity index (χ0) is 17.3. The van der Waals surface area contributed by atoms with Gasteiger partial charge in [-0.15, -0.1) is 0 Å². The second-order valence-corrected chi connectivity index (χ2v) is 8.55. The van der Waals surface area contributed by atoms with E-state index in [1.54, 1.807) is 23.1 Å². The lowest BCUT2D eigenvalue weighted by atomic mass is 10.3. The summed E-state index contributed by atoms with van der Waals surface area (Å²) in [7, 11) is -1.66. The number of piperazine rings is 1. The van der Waals surface area contributed by atoms with E-state index < -0.39 is 10.0 Å². The van der Waals surface area contributed by atoms with Crippen LogP contribution in [-0.4, -0.2) is 62.2 Å². The summed E-state index contributed by atoms with van der Waals surface area (Å²) in [5.41, 5.74) is 0.489. The van der Waals surface area contributed by atoms with Crippen molar-refractivity contribution in [2.24, 2.45) is 0 Å². The van der Waals surface area contributed by atoms with Gasteiger partial charge in [0.05, 0.1) is 18.0 Å². The van der Waals surface area contributed by atoms with Gasteiger partial charge in [0.15, 0.2) is 0 Å². The molecule has 1 saturated carbocycles. The molecule has 9 heteroatoms. The van der Waals surface area contributed by atoms with Crippen molar-refractivity contribution in [3.05, 3.63) is 23.2 Å². The van der Waals surface area contributed by atoms with Crippen molar-refractivity contribution in [1.82, 2.24) is 9.21 Å². The molecule has 1 aliphatic carbocycles. The van der Waals surface area contributed by atoms with E-state index in [9.17, 15) is 13.2 Å². The van der Waals surface area contributed by atoms with Gasteiger partial charge < -0.3 is 15.0 Å².